The highest BCUT2D eigenvalue weighted by atomic mass is 16.8. The van der Waals surface area contributed by atoms with Gasteiger partial charge in [-0.2, -0.15) is 0 Å². The van der Waals surface area contributed by atoms with Gasteiger partial charge in [0.15, 0.2) is 5.79 Å². The van der Waals surface area contributed by atoms with E-state index < -0.39 is 29.0 Å². The number of allylic oxidation sites excluding steroid dienone is 1. The van der Waals surface area contributed by atoms with E-state index >= 15 is 0 Å². The van der Waals surface area contributed by atoms with Gasteiger partial charge in [-0.25, -0.2) is 0 Å². The molecule has 12 atom stereocenters. The van der Waals surface area contributed by atoms with Crippen molar-refractivity contribution in [3.05, 3.63) is 11.6 Å². The van der Waals surface area contributed by atoms with Gasteiger partial charge in [-0.05, 0) is 92.3 Å². The van der Waals surface area contributed by atoms with Crippen molar-refractivity contribution in [1.82, 2.24) is 0 Å². The van der Waals surface area contributed by atoms with Crippen LogP contribution >= 0.6 is 0 Å². The summed E-state index contributed by atoms with van der Waals surface area (Å²) < 4.78 is 13.5. The van der Waals surface area contributed by atoms with Crippen LogP contribution in [0.1, 0.15) is 93.4 Å². The van der Waals surface area contributed by atoms with Gasteiger partial charge in [0.05, 0.1) is 17.8 Å². The fourth-order valence-corrected chi connectivity index (χ4v) is 11.8. The first-order chi connectivity index (χ1) is 16.1. The zero-order valence-corrected chi connectivity index (χ0v) is 22.7. The van der Waals surface area contributed by atoms with E-state index in [4.69, 9.17) is 9.47 Å². The number of aliphatic hydroxyl groups excluding tert-OH is 2. The summed E-state index contributed by atoms with van der Waals surface area (Å²) in [7, 11) is 0. The summed E-state index contributed by atoms with van der Waals surface area (Å²) in [5.74, 6) is -0.111. The van der Waals surface area contributed by atoms with Crippen molar-refractivity contribution in [2.45, 2.75) is 129 Å². The topological polar surface area (TPSA) is 79.2 Å². The van der Waals surface area contributed by atoms with Crippen molar-refractivity contribution in [3.8, 4) is 0 Å². The maximum atomic E-state index is 12.4. The zero-order chi connectivity index (χ0) is 25.2. The summed E-state index contributed by atoms with van der Waals surface area (Å²) in [6, 6.07) is 0. The van der Waals surface area contributed by atoms with Crippen molar-refractivity contribution in [3.63, 3.8) is 0 Å². The van der Waals surface area contributed by atoms with Crippen LogP contribution < -0.4 is 0 Å². The standard InChI is InChI=1S/C30H46O5/c1-16-14-17-22(25(4,5)33)35-30(34-17)21(16)26(6)12-13-29-15-28(29)11-10-20(31)24(2,3)18(28)8-9-19(29)27(26,7)23(30)32/h9,16-18,20-23,31-33H,8,10-15H2,1-7H3/t16-,17-,18+,20+,21-,22-,23-,26-,27-,28-,29+,30+/m1/s1. The lowest BCUT2D eigenvalue weighted by atomic mass is 9.44. The van der Waals surface area contributed by atoms with E-state index in [1.54, 1.807) is 0 Å². The van der Waals surface area contributed by atoms with E-state index in [-0.39, 0.29) is 39.8 Å². The van der Waals surface area contributed by atoms with E-state index in [0.29, 0.717) is 11.8 Å². The first-order valence-corrected chi connectivity index (χ1v) is 14.3. The largest absolute Gasteiger partial charge is 0.393 e. The molecular weight excluding hydrogens is 440 g/mol. The lowest BCUT2D eigenvalue weighted by Gasteiger charge is -2.59. The molecular formula is C30H46O5. The first-order valence-electron chi connectivity index (χ1n) is 14.3. The fourth-order valence-electron chi connectivity index (χ4n) is 11.8. The average Bonchev–Trinajstić information content (AvgIpc) is 3.28. The van der Waals surface area contributed by atoms with Crippen molar-refractivity contribution >= 4 is 0 Å². The van der Waals surface area contributed by atoms with Crippen LogP contribution in [-0.2, 0) is 9.47 Å². The lowest BCUT2D eigenvalue weighted by molar-refractivity contribution is -0.279. The maximum Gasteiger partial charge on any atom is 0.199 e. The zero-order valence-electron chi connectivity index (χ0n) is 22.7. The highest BCUT2D eigenvalue weighted by Gasteiger charge is 2.86. The van der Waals surface area contributed by atoms with Gasteiger partial charge in [0.2, 0.25) is 0 Å². The third-order valence-electron chi connectivity index (χ3n) is 13.5. The molecule has 5 nitrogen and oxygen atoms in total. The quantitative estimate of drug-likeness (QED) is 0.473. The van der Waals surface area contributed by atoms with E-state index in [9.17, 15) is 15.3 Å². The van der Waals surface area contributed by atoms with E-state index in [1.165, 1.54) is 12.0 Å². The molecule has 0 amide bonds. The fraction of sp³-hybridized carbons (Fsp3) is 0.933. The molecule has 0 radical (unpaired) electrons. The third kappa shape index (κ3) is 2.26. The lowest BCUT2D eigenvalue weighted by Crippen LogP contribution is -2.55. The van der Waals surface area contributed by atoms with Gasteiger partial charge in [-0.15, -0.1) is 0 Å². The number of hydrogen-bond donors (Lipinski definition) is 3. The van der Waals surface area contributed by atoms with Gasteiger partial charge in [0.25, 0.3) is 0 Å². The average molecular weight is 487 g/mol. The maximum absolute atomic E-state index is 12.4. The minimum absolute atomic E-state index is 0.0776. The highest BCUT2D eigenvalue weighted by molar-refractivity contribution is 5.48. The molecule has 2 aliphatic heterocycles. The van der Waals surface area contributed by atoms with Crippen LogP contribution in [0.5, 0.6) is 0 Å². The Bertz CT molecular complexity index is 1010. The summed E-state index contributed by atoms with van der Waals surface area (Å²) in [4.78, 5) is 0. The van der Waals surface area contributed by atoms with Crippen LogP contribution in [-0.4, -0.2) is 51.1 Å². The second-order valence-electron chi connectivity index (χ2n) is 15.5. The molecule has 2 saturated heterocycles. The molecule has 0 unspecified atom stereocenters. The van der Waals surface area contributed by atoms with Crippen molar-refractivity contribution in [1.29, 1.82) is 0 Å². The van der Waals surface area contributed by atoms with E-state index in [2.05, 4.69) is 40.7 Å². The summed E-state index contributed by atoms with van der Waals surface area (Å²) in [6.07, 6.45) is 8.17. The van der Waals surface area contributed by atoms with Gasteiger partial charge in [-0.3, -0.25) is 0 Å². The van der Waals surface area contributed by atoms with Crippen molar-refractivity contribution in [2.24, 2.45) is 44.8 Å². The van der Waals surface area contributed by atoms with Gasteiger partial charge >= 0.3 is 0 Å². The van der Waals surface area contributed by atoms with Crippen LogP contribution in [0, 0.1) is 44.8 Å². The van der Waals surface area contributed by atoms with Crippen molar-refractivity contribution in [2.75, 3.05) is 0 Å². The molecule has 6 fully saturated rings. The molecule has 35 heavy (non-hydrogen) atoms. The molecule has 196 valence electrons. The predicted molar refractivity (Wildman–Crippen MR) is 132 cm³/mol. The van der Waals surface area contributed by atoms with Crippen LogP contribution in [0.4, 0.5) is 0 Å². The number of aliphatic hydroxyl groups is 3. The Balaban J connectivity index is 1.37. The molecule has 5 aliphatic carbocycles. The van der Waals surface area contributed by atoms with E-state index in [1.807, 2.05) is 13.8 Å². The molecule has 2 heterocycles. The minimum atomic E-state index is -1.05. The normalized spacial score (nSPS) is 61.7. The minimum Gasteiger partial charge on any atom is -0.393 e. The molecule has 0 aromatic heterocycles. The number of rotatable bonds is 1. The van der Waals surface area contributed by atoms with Gasteiger partial charge in [-0.1, -0.05) is 46.3 Å². The smallest absolute Gasteiger partial charge is 0.199 e. The summed E-state index contributed by atoms with van der Waals surface area (Å²) in [5, 5.41) is 34.3. The first kappa shape index (κ1) is 23.6. The predicted octanol–water partition coefficient (Wildman–Crippen LogP) is 4.58. The van der Waals surface area contributed by atoms with Crippen LogP contribution in [0.15, 0.2) is 11.6 Å². The molecule has 2 bridgehead atoms. The van der Waals surface area contributed by atoms with Gasteiger partial charge < -0.3 is 24.8 Å². The molecule has 3 spiro atoms. The molecule has 5 heteroatoms. The van der Waals surface area contributed by atoms with Crippen LogP contribution in [0.25, 0.3) is 0 Å². The number of ether oxygens (including phenoxy) is 2. The Labute approximate surface area is 210 Å². The summed E-state index contributed by atoms with van der Waals surface area (Å²) in [6.45, 7) is 15.2. The monoisotopic (exact) mass is 486 g/mol. The molecule has 0 aromatic rings. The Morgan fingerprint density at radius 2 is 1.74 bits per heavy atom. The van der Waals surface area contributed by atoms with E-state index in [0.717, 1.165) is 38.5 Å². The van der Waals surface area contributed by atoms with Crippen LogP contribution in [0.2, 0.25) is 0 Å². The molecule has 3 N–H and O–H groups in total. The Morgan fingerprint density at radius 3 is 2.43 bits per heavy atom. The number of hydrogen-bond acceptors (Lipinski definition) is 5. The Kier molecular flexibility index (Phi) is 4.20. The highest BCUT2D eigenvalue weighted by Crippen LogP contribution is 2.89. The Hall–Kier alpha value is -0.460. The second-order valence-corrected chi connectivity index (χ2v) is 15.5. The molecule has 4 saturated carbocycles. The van der Waals surface area contributed by atoms with Gasteiger partial charge in [0.1, 0.15) is 12.2 Å². The number of fused-ring (bicyclic) bond motifs is 4. The summed E-state index contributed by atoms with van der Waals surface area (Å²) >= 11 is 0. The second kappa shape index (κ2) is 6.22. The van der Waals surface area contributed by atoms with Gasteiger partial charge in [0, 0.05) is 11.3 Å². The summed E-state index contributed by atoms with van der Waals surface area (Å²) in [5.41, 5.74) is 0.212. The van der Waals surface area contributed by atoms with Crippen LogP contribution in [0.3, 0.4) is 0 Å². The Morgan fingerprint density at radius 1 is 1.03 bits per heavy atom. The van der Waals surface area contributed by atoms with Crippen molar-refractivity contribution < 1.29 is 24.8 Å². The molecule has 7 aliphatic rings. The molecule has 0 aromatic carbocycles. The SMILES string of the molecule is C[C@@H]1C[C@H]2O[C@]3(O[C@H]2C(C)(C)O)[C@H]1[C@@]1(C)CC[C@@]24C[C@@]25CC[C@H](O)C(C)(C)[C@@H]5CC=C4[C@]1(C)[C@H]3O. The molecule has 7 rings (SSSR count). The third-order valence-corrected chi connectivity index (χ3v) is 13.5.